The Morgan fingerprint density at radius 3 is 2.82 bits per heavy atom. The molecule has 38 heavy (non-hydrogen) atoms. The number of carbonyl (C=O) groups excluding carboxylic acids is 5. The fourth-order valence-corrected chi connectivity index (χ4v) is 6.10. The van der Waals surface area contributed by atoms with E-state index in [1.54, 1.807) is 6.92 Å². The lowest BCUT2D eigenvalue weighted by Crippen LogP contribution is -2.74. The van der Waals surface area contributed by atoms with Crippen LogP contribution in [0.5, 0.6) is 0 Å². The van der Waals surface area contributed by atoms with Gasteiger partial charge in [0.2, 0.25) is 0 Å². The molecule has 2 aliphatic rings. The molecule has 2 aliphatic heterocycles. The number of hydrogen-bond acceptors (Lipinski definition) is 13. The second-order valence-corrected chi connectivity index (χ2v) is 10.4. The van der Waals surface area contributed by atoms with Gasteiger partial charge in [-0.05, 0) is 12.5 Å². The summed E-state index contributed by atoms with van der Waals surface area (Å²) in [5, 5.41) is 16.1. The zero-order valence-corrected chi connectivity index (χ0v) is 21.8. The molecule has 1 saturated heterocycles. The van der Waals surface area contributed by atoms with Crippen LogP contribution in [0.1, 0.15) is 10.7 Å². The van der Waals surface area contributed by atoms with Crippen molar-refractivity contribution in [1.82, 2.24) is 15.2 Å². The van der Waals surface area contributed by atoms with E-state index in [1.165, 1.54) is 16.7 Å². The summed E-state index contributed by atoms with van der Waals surface area (Å²) in [7, 11) is 4.36. The first kappa shape index (κ1) is 29.5. The van der Waals surface area contributed by atoms with E-state index in [9.17, 15) is 28.2 Å². The summed E-state index contributed by atoms with van der Waals surface area (Å²) >= 11 is 7.01. The van der Waals surface area contributed by atoms with Gasteiger partial charge in [-0.2, -0.15) is 0 Å². The quantitative estimate of drug-likeness (QED) is 0.0474. The number of β-lactam (4-membered cyclic amide) rings is 1. The maximum Gasteiger partial charge on any atom is 0.378 e. The molecule has 1 aromatic heterocycles. The topological polar surface area (TPSA) is 191 Å². The molecule has 0 aliphatic carbocycles. The van der Waals surface area contributed by atoms with Crippen LogP contribution in [0, 0.1) is 6.92 Å². The average Bonchev–Trinajstić information content (AvgIpc) is 3.34. The smallest absolute Gasteiger partial charge is 0.378 e. The normalized spacial score (nSPS) is 21.4. The Balaban J connectivity index is 1.86. The lowest BCUT2D eigenvalue weighted by atomic mass is 9.80. The number of aromatic nitrogens is 1. The number of amides is 2. The summed E-state index contributed by atoms with van der Waals surface area (Å²) in [6.45, 7) is 1.75. The van der Waals surface area contributed by atoms with Crippen LogP contribution in [0.15, 0.2) is 21.8 Å². The first-order chi connectivity index (χ1) is 18.2. The van der Waals surface area contributed by atoms with Crippen molar-refractivity contribution in [2.45, 2.75) is 30.8 Å². The van der Waals surface area contributed by atoms with Crippen LogP contribution in [-0.2, 0) is 48.9 Å². The monoisotopic (exact) mass is 580 g/mol. The number of halogens is 1. The van der Waals surface area contributed by atoms with Crippen molar-refractivity contribution in [2.75, 3.05) is 11.6 Å². The SMILES string of the molecule is [B]OC(=O)C1=C(CCl)CS(=O)[C@@H]2[C@H](NC(=O)/C(=N\O[C@@H](C[B]OC=O)C(=O)[B]O)c3csc(C)n3)C(=O)N12. The summed E-state index contributed by atoms with van der Waals surface area (Å²) in [6, 6.07) is -1.33. The number of hydrogen-bond donors (Lipinski definition) is 2. The van der Waals surface area contributed by atoms with Gasteiger partial charge in [0.25, 0.3) is 18.3 Å². The van der Waals surface area contributed by atoms with Gasteiger partial charge in [-0.25, -0.2) is 9.78 Å². The Morgan fingerprint density at radius 2 is 2.24 bits per heavy atom. The van der Waals surface area contributed by atoms with Gasteiger partial charge in [-0.1, -0.05) is 5.16 Å². The third-order valence-electron chi connectivity index (χ3n) is 5.21. The van der Waals surface area contributed by atoms with E-state index in [0.717, 1.165) is 12.4 Å². The van der Waals surface area contributed by atoms with Crippen molar-refractivity contribution in [2.24, 2.45) is 5.16 Å². The lowest BCUT2D eigenvalue weighted by Gasteiger charge is -2.49. The van der Waals surface area contributed by atoms with Gasteiger partial charge in [0.05, 0.1) is 21.6 Å². The van der Waals surface area contributed by atoms with E-state index in [2.05, 4.69) is 24.8 Å². The third-order valence-corrected chi connectivity index (χ3v) is 7.96. The Bertz CT molecular complexity index is 1230. The minimum atomic E-state index is -1.75. The maximum absolute atomic E-state index is 13.2. The number of carbonyl (C=O) groups is 5. The van der Waals surface area contributed by atoms with Crippen molar-refractivity contribution in [3.63, 3.8) is 0 Å². The predicted octanol–water partition coefficient (Wildman–Crippen LogP) is -2.58. The fraction of sp³-hybridized carbons (Fsp3) is 0.389. The average molecular weight is 580 g/mol. The Kier molecular flexibility index (Phi) is 10.2. The molecule has 2 N–H and O–H groups in total. The van der Waals surface area contributed by atoms with Crippen molar-refractivity contribution in [3.05, 3.63) is 27.4 Å². The molecule has 1 unspecified atom stereocenters. The van der Waals surface area contributed by atoms with Crippen molar-refractivity contribution in [3.8, 4) is 0 Å². The zero-order chi connectivity index (χ0) is 28.0. The van der Waals surface area contributed by atoms with Gasteiger partial charge in [0, 0.05) is 17.6 Å². The van der Waals surface area contributed by atoms with E-state index >= 15 is 0 Å². The van der Waals surface area contributed by atoms with Crippen molar-refractivity contribution in [1.29, 1.82) is 0 Å². The second-order valence-electron chi connectivity index (χ2n) is 7.52. The molecule has 0 bridgehead atoms. The van der Waals surface area contributed by atoms with Crippen LogP contribution in [-0.4, -0.2) is 107 Å². The van der Waals surface area contributed by atoms with Crippen LogP contribution < -0.4 is 5.32 Å². The van der Waals surface area contributed by atoms with Crippen LogP contribution in [0.3, 0.4) is 0 Å². The molecular formula is C18H16B3ClN4O10S2. The molecule has 2 amide bonds. The highest BCUT2D eigenvalue weighted by molar-refractivity contribution is 7.86. The first-order valence-corrected chi connectivity index (χ1v) is 13.3. The Morgan fingerprint density at radius 1 is 1.50 bits per heavy atom. The highest BCUT2D eigenvalue weighted by atomic mass is 35.5. The number of aryl methyl sites for hydroxylation is 1. The standard InChI is InChI=1S/C18H16B3ClN4O10S2/c1-7-23-9(4-37-7)11(25-36-10(14(28)21-32)2-20-34-6-27)15(29)24-12-16(30)26-13(18(31)35-19)8(3-22)5-38(33)17(12)26/h4,6,10,12,17,32H,2-3,5H2,1H3,(H,24,29)/b25-11-/t10-,12+,17+,38?/m0/s1. The molecule has 3 rings (SSSR count). The highest BCUT2D eigenvalue weighted by Crippen LogP contribution is 2.35. The molecule has 0 aromatic carbocycles. The summed E-state index contributed by atoms with van der Waals surface area (Å²) in [6.07, 6.45) is -1.80. The molecule has 0 saturated carbocycles. The molecule has 196 valence electrons. The largest absolute Gasteiger partial charge is 0.541 e. The number of nitrogens with one attached hydrogen (secondary N) is 1. The van der Waals surface area contributed by atoms with Crippen LogP contribution in [0.25, 0.3) is 0 Å². The molecule has 3 heterocycles. The van der Waals surface area contributed by atoms with Gasteiger partial charge < -0.3 is 29.3 Å². The molecule has 4 atom stereocenters. The van der Waals surface area contributed by atoms with Gasteiger partial charge in [0.15, 0.2) is 17.5 Å². The molecule has 14 nitrogen and oxygen atoms in total. The Labute approximate surface area is 229 Å². The number of rotatable bonds is 13. The molecule has 1 aromatic rings. The van der Waals surface area contributed by atoms with E-state index in [4.69, 9.17) is 29.5 Å². The molecule has 20 heteroatoms. The van der Waals surface area contributed by atoms with E-state index in [1.807, 2.05) is 0 Å². The van der Waals surface area contributed by atoms with Gasteiger partial charge >= 0.3 is 29.0 Å². The summed E-state index contributed by atoms with van der Waals surface area (Å²) in [5.74, 6) is -3.18. The maximum atomic E-state index is 13.2. The van der Waals surface area contributed by atoms with Crippen LogP contribution >= 0.6 is 22.9 Å². The van der Waals surface area contributed by atoms with Gasteiger partial charge in [-0.15, -0.1) is 22.9 Å². The molecular weight excluding hydrogens is 564 g/mol. The van der Waals surface area contributed by atoms with E-state index < -0.39 is 57.5 Å². The fourth-order valence-electron chi connectivity index (χ4n) is 3.48. The minimum Gasteiger partial charge on any atom is -0.541 e. The molecule has 4 radical (unpaired) electrons. The van der Waals surface area contributed by atoms with E-state index in [-0.39, 0.29) is 48.9 Å². The van der Waals surface area contributed by atoms with Crippen molar-refractivity contribution >= 4 is 92.4 Å². The summed E-state index contributed by atoms with van der Waals surface area (Å²) < 4.78 is 21.5. The number of alkyl halides is 1. The van der Waals surface area contributed by atoms with Crippen LogP contribution in [0.2, 0.25) is 6.32 Å². The van der Waals surface area contributed by atoms with E-state index in [0.29, 0.717) is 5.01 Å². The van der Waals surface area contributed by atoms with Crippen molar-refractivity contribution < 1.29 is 47.4 Å². The Hall–Kier alpha value is -3.02. The highest BCUT2D eigenvalue weighted by Gasteiger charge is 2.57. The van der Waals surface area contributed by atoms with Gasteiger partial charge in [-0.3, -0.25) is 23.5 Å². The molecule has 1 fully saturated rings. The van der Waals surface area contributed by atoms with Gasteiger partial charge in [0.1, 0.15) is 22.8 Å². The lowest BCUT2D eigenvalue weighted by molar-refractivity contribution is -0.149. The number of nitrogens with zero attached hydrogens (tertiary/aromatic N) is 3. The minimum absolute atomic E-state index is 0.0300. The number of fused-ring (bicyclic) bond motifs is 1. The predicted molar refractivity (Wildman–Crippen MR) is 134 cm³/mol. The zero-order valence-electron chi connectivity index (χ0n) is 19.4. The third kappa shape index (κ3) is 6.16. The first-order valence-electron chi connectivity index (χ1n) is 10.5. The number of thiazole rings is 1. The number of oxime groups is 1. The van der Waals surface area contributed by atoms with Crippen LogP contribution in [0.4, 0.5) is 0 Å². The summed E-state index contributed by atoms with van der Waals surface area (Å²) in [4.78, 5) is 70.8. The second kappa shape index (κ2) is 13.2. The molecule has 0 spiro atoms. The summed E-state index contributed by atoms with van der Waals surface area (Å²) in [5.41, 5.74) is -1.42.